The lowest BCUT2D eigenvalue weighted by molar-refractivity contribution is 1.07. The Balaban J connectivity index is 2.28. The highest BCUT2D eigenvalue weighted by atomic mass is 14.9. The number of hydrogen-bond donors (Lipinski definition) is 2. The van der Waals surface area contributed by atoms with E-state index in [2.05, 4.69) is 16.4 Å². The minimum Gasteiger partial charge on any atom is -0.399 e. The van der Waals surface area contributed by atoms with Crippen molar-refractivity contribution in [1.82, 2.24) is 4.98 Å². The molecule has 0 saturated heterocycles. The van der Waals surface area contributed by atoms with Crippen molar-refractivity contribution >= 4 is 11.4 Å². The summed E-state index contributed by atoms with van der Waals surface area (Å²) in [4.78, 5) is 4.31. The zero-order valence-corrected chi connectivity index (χ0v) is 12.0. The average molecular weight is 266 g/mol. The molecule has 0 aliphatic carbocycles. The maximum atomic E-state index is 9.24. The van der Waals surface area contributed by atoms with E-state index in [9.17, 15) is 5.26 Å². The van der Waals surface area contributed by atoms with E-state index in [1.54, 1.807) is 0 Å². The van der Waals surface area contributed by atoms with Crippen LogP contribution in [0.1, 0.15) is 28.1 Å². The minimum atomic E-state index is 0.595. The van der Waals surface area contributed by atoms with E-state index < -0.39 is 0 Å². The number of rotatable bonds is 3. The zero-order chi connectivity index (χ0) is 14.7. The standard InChI is InChI=1S/C16H18N4/c1-10-7-16(14(8-17)12(3)20-10)19-9-13-5-4-6-15(18)11(13)2/h4-7H,9,18H2,1-3H3,(H,19,20). The summed E-state index contributed by atoms with van der Waals surface area (Å²) in [5, 5.41) is 12.5. The van der Waals surface area contributed by atoms with Crippen LogP contribution >= 0.6 is 0 Å². The Bertz CT molecular complexity index is 684. The number of nitrogens with two attached hydrogens (primary N) is 1. The van der Waals surface area contributed by atoms with Gasteiger partial charge in [0.05, 0.1) is 16.9 Å². The number of nitrogens with zero attached hydrogens (tertiary/aromatic N) is 2. The summed E-state index contributed by atoms with van der Waals surface area (Å²) in [6, 6.07) is 9.96. The molecule has 4 heteroatoms. The van der Waals surface area contributed by atoms with Crippen LogP contribution in [-0.4, -0.2) is 4.98 Å². The Kier molecular flexibility index (Phi) is 3.90. The third kappa shape index (κ3) is 2.72. The number of nitriles is 1. The number of nitrogens with one attached hydrogen (secondary N) is 1. The van der Waals surface area contributed by atoms with Crippen LogP contribution in [0.3, 0.4) is 0 Å². The maximum absolute atomic E-state index is 9.24. The number of benzene rings is 1. The van der Waals surface area contributed by atoms with Gasteiger partial charge in [-0.15, -0.1) is 0 Å². The molecule has 0 fully saturated rings. The SMILES string of the molecule is Cc1cc(NCc2cccc(N)c2C)c(C#N)c(C)n1. The number of aryl methyl sites for hydroxylation is 2. The molecule has 0 spiro atoms. The quantitative estimate of drug-likeness (QED) is 0.837. The van der Waals surface area contributed by atoms with Gasteiger partial charge in [0.15, 0.2) is 0 Å². The zero-order valence-electron chi connectivity index (χ0n) is 12.0. The lowest BCUT2D eigenvalue weighted by atomic mass is 10.1. The molecule has 2 rings (SSSR count). The third-order valence-electron chi connectivity index (χ3n) is 3.40. The molecule has 0 radical (unpaired) electrons. The molecule has 3 N–H and O–H groups in total. The van der Waals surface area contributed by atoms with Gasteiger partial charge in [0.2, 0.25) is 0 Å². The van der Waals surface area contributed by atoms with Crippen molar-refractivity contribution in [2.45, 2.75) is 27.3 Å². The molecule has 0 aliphatic heterocycles. The summed E-state index contributed by atoms with van der Waals surface area (Å²) >= 11 is 0. The Morgan fingerprint density at radius 3 is 2.75 bits per heavy atom. The number of nitrogen functional groups attached to an aromatic ring is 1. The fourth-order valence-corrected chi connectivity index (χ4v) is 2.19. The molecule has 102 valence electrons. The second-order valence-corrected chi connectivity index (χ2v) is 4.87. The van der Waals surface area contributed by atoms with E-state index in [0.29, 0.717) is 12.1 Å². The van der Waals surface area contributed by atoms with Gasteiger partial charge in [-0.05, 0) is 44.0 Å². The first-order valence-electron chi connectivity index (χ1n) is 6.49. The minimum absolute atomic E-state index is 0.595. The molecular formula is C16H18N4. The van der Waals surface area contributed by atoms with Gasteiger partial charge in [-0.1, -0.05) is 12.1 Å². The highest BCUT2D eigenvalue weighted by Gasteiger charge is 2.08. The van der Waals surface area contributed by atoms with Gasteiger partial charge in [-0.25, -0.2) is 0 Å². The van der Waals surface area contributed by atoms with Crippen LogP contribution in [0, 0.1) is 32.1 Å². The molecule has 2 aromatic rings. The first-order chi connectivity index (χ1) is 9.52. The molecule has 0 unspecified atom stereocenters. The van der Waals surface area contributed by atoms with Crippen LogP contribution in [0.5, 0.6) is 0 Å². The van der Waals surface area contributed by atoms with E-state index >= 15 is 0 Å². The molecule has 0 amide bonds. The van der Waals surface area contributed by atoms with Gasteiger partial charge in [0.1, 0.15) is 6.07 Å². The van der Waals surface area contributed by atoms with Crippen LogP contribution < -0.4 is 11.1 Å². The van der Waals surface area contributed by atoms with Crippen molar-refractivity contribution in [3.8, 4) is 6.07 Å². The van der Waals surface area contributed by atoms with Gasteiger partial charge < -0.3 is 11.1 Å². The molecule has 1 aromatic heterocycles. The second-order valence-electron chi connectivity index (χ2n) is 4.87. The maximum Gasteiger partial charge on any atom is 0.103 e. The topological polar surface area (TPSA) is 74.7 Å². The van der Waals surface area contributed by atoms with Crippen molar-refractivity contribution in [3.63, 3.8) is 0 Å². The summed E-state index contributed by atoms with van der Waals surface area (Å²) in [6.07, 6.45) is 0. The van der Waals surface area contributed by atoms with E-state index in [1.165, 1.54) is 0 Å². The second kappa shape index (κ2) is 5.62. The van der Waals surface area contributed by atoms with E-state index in [1.807, 2.05) is 45.0 Å². The van der Waals surface area contributed by atoms with Crippen molar-refractivity contribution in [1.29, 1.82) is 5.26 Å². The fourth-order valence-electron chi connectivity index (χ4n) is 2.19. The molecule has 0 saturated carbocycles. The Morgan fingerprint density at radius 2 is 2.05 bits per heavy atom. The Labute approximate surface area is 119 Å². The van der Waals surface area contributed by atoms with Crippen molar-refractivity contribution in [3.05, 3.63) is 52.3 Å². The smallest absolute Gasteiger partial charge is 0.103 e. The van der Waals surface area contributed by atoms with Crippen LogP contribution in [0.15, 0.2) is 24.3 Å². The predicted octanol–water partition coefficient (Wildman–Crippen LogP) is 3.07. The summed E-state index contributed by atoms with van der Waals surface area (Å²) < 4.78 is 0. The number of hydrogen-bond acceptors (Lipinski definition) is 4. The Hall–Kier alpha value is -2.54. The Morgan fingerprint density at radius 1 is 1.30 bits per heavy atom. The van der Waals surface area contributed by atoms with Crippen LogP contribution in [0.25, 0.3) is 0 Å². The van der Waals surface area contributed by atoms with E-state index in [0.717, 1.165) is 33.9 Å². The summed E-state index contributed by atoms with van der Waals surface area (Å²) in [5.74, 6) is 0. The van der Waals surface area contributed by atoms with Crippen molar-refractivity contribution < 1.29 is 0 Å². The molecule has 1 heterocycles. The van der Waals surface area contributed by atoms with Crippen molar-refractivity contribution in [2.24, 2.45) is 0 Å². The summed E-state index contributed by atoms with van der Waals surface area (Å²) in [5.41, 5.74) is 11.9. The van der Waals surface area contributed by atoms with Crippen LogP contribution in [0.4, 0.5) is 11.4 Å². The van der Waals surface area contributed by atoms with Crippen molar-refractivity contribution in [2.75, 3.05) is 11.1 Å². The number of aromatic nitrogens is 1. The third-order valence-corrected chi connectivity index (χ3v) is 3.40. The van der Waals surface area contributed by atoms with Gasteiger partial charge in [-0.3, -0.25) is 4.98 Å². The van der Waals surface area contributed by atoms with Gasteiger partial charge >= 0.3 is 0 Å². The molecule has 0 atom stereocenters. The molecular weight excluding hydrogens is 248 g/mol. The average Bonchev–Trinajstić information content (AvgIpc) is 2.40. The molecule has 20 heavy (non-hydrogen) atoms. The lowest BCUT2D eigenvalue weighted by Crippen LogP contribution is -2.06. The molecule has 1 aromatic carbocycles. The lowest BCUT2D eigenvalue weighted by Gasteiger charge is -2.13. The van der Waals surface area contributed by atoms with Gasteiger partial charge in [0.25, 0.3) is 0 Å². The first kappa shape index (κ1) is 13.9. The summed E-state index contributed by atoms with van der Waals surface area (Å²) in [6.45, 7) is 6.41. The van der Waals surface area contributed by atoms with Crippen LogP contribution in [-0.2, 0) is 6.54 Å². The van der Waals surface area contributed by atoms with E-state index in [4.69, 9.17) is 5.73 Å². The molecule has 0 aliphatic rings. The van der Waals surface area contributed by atoms with Gasteiger partial charge in [0, 0.05) is 17.9 Å². The normalized spacial score (nSPS) is 10.1. The molecule has 0 bridgehead atoms. The van der Waals surface area contributed by atoms with Gasteiger partial charge in [-0.2, -0.15) is 5.26 Å². The summed E-state index contributed by atoms with van der Waals surface area (Å²) in [7, 11) is 0. The number of anilines is 2. The predicted molar refractivity (Wildman–Crippen MR) is 81.3 cm³/mol. The number of pyridine rings is 1. The first-order valence-corrected chi connectivity index (χ1v) is 6.49. The largest absolute Gasteiger partial charge is 0.399 e. The highest BCUT2D eigenvalue weighted by Crippen LogP contribution is 2.21. The molecule has 4 nitrogen and oxygen atoms in total. The highest BCUT2D eigenvalue weighted by molar-refractivity contribution is 5.60. The van der Waals surface area contributed by atoms with Crippen LogP contribution in [0.2, 0.25) is 0 Å². The fraction of sp³-hybridized carbons (Fsp3) is 0.250. The monoisotopic (exact) mass is 266 g/mol. The van der Waals surface area contributed by atoms with E-state index in [-0.39, 0.29) is 0 Å².